The number of aliphatic hydroxyl groups is 2. The molecule has 2 N–H and O–H groups in total. The van der Waals surface area contributed by atoms with Gasteiger partial charge in [-0.1, -0.05) is 69.3 Å². The lowest BCUT2D eigenvalue weighted by molar-refractivity contribution is -0.295. The minimum Gasteiger partial charge on any atom is -0.490 e. The van der Waals surface area contributed by atoms with Gasteiger partial charge >= 0.3 is 0 Å². The van der Waals surface area contributed by atoms with Gasteiger partial charge in [-0.05, 0) is 24.8 Å². The van der Waals surface area contributed by atoms with Crippen LogP contribution >= 0.6 is 0 Å². The molecule has 6 nitrogen and oxygen atoms in total. The first-order valence-corrected chi connectivity index (χ1v) is 12.5. The van der Waals surface area contributed by atoms with Gasteiger partial charge in [-0.25, -0.2) is 0 Å². The second kappa shape index (κ2) is 12.3. The van der Waals surface area contributed by atoms with Crippen LogP contribution in [0.1, 0.15) is 64.0 Å². The van der Waals surface area contributed by atoms with Gasteiger partial charge in [-0.3, -0.25) is 0 Å². The van der Waals surface area contributed by atoms with Crippen molar-refractivity contribution in [1.82, 2.24) is 0 Å². The molecule has 2 aliphatic rings. The third kappa shape index (κ3) is 6.92. The van der Waals surface area contributed by atoms with E-state index in [9.17, 15) is 10.2 Å². The molecule has 8 unspecified atom stereocenters. The fraction of sp³-hybridized carbons (Fsp3) is 0.643. The van der Waals surface area contributed by atoms with Crippen LogP contribution in [0.15, 0.2) is 54.8 Å². The molecule has 2 heterocycles. The molecule has 1 aromatic carbocycles. The van der Waals surface area contributed by atoms with Gasteiger partial charge in [0, 0.05) is 32.5 Å². The Morgan fingerprint density at radius 1 is 1.03 bits per heavy atom. The molecule has 8 atom stereocenters. The summed E-state index contributed by atoms with van der Waals surface area (Å²) in [6.07, 6.45) is 6.40. The molecule has 3 rings (SSSR count). The van der Waals surface area contributed by atoms with E-state index in [4.69, 9.17) is 18.9 Å². The predicted octanol–water partition coefficient (Wildman–Crippen LogP) is 4.92. The van der Waals surface area contributed by atoms with Crippen LogP contribution in [0.25, 0.3) is 0 Å². The second-order valence-corrected chi connectivity index (χ2v) is 9.89. The van der Waals surface area contributed by atoms with E-state index in [0.29, 0.717) is 5.76 Å². The molecular formula is C28H42O6. The Morgan fingerprint density at radius 3 is 2.41 bits per heavy atom. The van der Waals surface area contributed by atoms with Crippen molar-refractivity contribution >= 4 is 0 Å². The van der Waals surface area contributed by atoms with Crippen molar-refractivity contribution in [2.75, 3.05) is 14.2 Å². The SMILES string of the molecule is C=C1CC2(O)CC(O)C(C)C(O2)C(C)/C=C/C(OC)C(OC)CCCCC(c2ccccc2)O1. The van der Waals surface area contributed by atoms with Crippen molar-refractivity contribution in [2.24, 2.45) is 11.8 Å². The minimum atomic E-state index is -1.54. The summed E-state index contributed by atoms with van der Waals surface area (Å²) in [7, 11) is 3.41. The highest BCUT2D eigenvalue weighted by atomic mass is 16.6. The Hall–Kier alpha value is -1.70. The maximum Gasteiger partial charge on any atom is 0.175 e. The fourth-order valence-electron chi connectivity index (χ4n) is 5.19. The van der Waals surface area contributed by atoms with E-state index in [0.717, 1.165) is 31.2 Å². The van der Waals surface area contributed by atoms with E-state index in [-0.39, 0.29) is 49.1 Å². The van der Waals surface area contributed by atoms with Gasteiger partial charge in [0.05, 0.1) is 30.5 Å². The van der Waals surface area contributed by atoms with Gasteiger partial charge < -0.3 is 29.2 Å². The first-order chi connectivity index (χ1) is 16.3. The molecule has 6 heteroatoms. The molecule has 0 saturated carbocycles. The van der Waals surface area contributed by atoms with E-state index in [1.165, 1.54) is 0 Å². The molecule has 0 spiro atoms. The summed E-state index contributed by atoms with van der Waals surface area (Å²) >= 11 is 0. The number of hydrogen-bond donors (Lipinski definition) is 2. The molecule has 2 bridgehead atoms. The molecular weight excluding hydrogens is 432 g/mol. The van der Waals surface area contributed by atoms with Crippen molar-refractivity contribution in [3.63, 3.8) is 0 Å². The van der Waals surface area contributed by atoms with Crippen molar-refractivity contribution < 1.29 is 29.2 Å². The maximum absolute atomic E-state index is 11.3. The van der Waals surface area contributed by atoms with Gasteiger partial charge in [-0.15, -0.1) is 0 Å². The lowest BCUT2D eigenvalue weighted by Crippen LogP contribution is -2.53. The summed E-state index contributed by atoms with van der Waals surface area (Å²) in [5.41, 5.74) is 1.07. The molecule has 190 valence electrons. The summed E-state index contributed by atoms with van der Waals surface area (Å²) in [5, 5.41) is 22.1. The summed E-state index contributed by atoms with van der Waals surface area (Å²) in [5.74, 6) is -1.26. The first-order valence-electron chi connectivity index (χ1n) is 12.5. The van der Waals surface area contributed by atoms with Crippen LogP contribution in [0, 0.1) is 11.8 Å². The number of rotatable bonds is 3. The maximum atomic E-state index is 11.3. The first kappa shape index (κ1) is 26.9. The van der Waals surface area contributed by atoms with Crippen LogP contribution in [0.3, 0.4) is 0 Å². The Morgan fingerprint density at radius 2 is 1.74 bits per heavy atom. The third-order valence-corrected chi connectivity index (χ3v) is 7.23. The van der Waals surface area contributed by atoms with Crippen LogP contribution in [0.2, 0.25) is 0 Å². The van der Waals surface area contributed by atoms with Gasteiger partial charge in [0.1, 0.15) is 12.2 Å². The molecule has 34 heavy (non-hydrogen) atoms. The third-order valence-electron chi connectivity index (χ3n) is 7.23. The van der Waals surface area contributed by atoms with Crippen LogP contribution in [0.5, 0.6) is 0 Å². The quantitative estimate of drug-likeness (QED) is 0.606. The predicted molar refractivity (Wildman–Crippen MR) is 132 cm³/mol. The molecule has 0 aromatic heterocycles. The monoisotopic (exact) mass is 474 g/mol. The molecule has 1 aromatic rings. The largest absolute Gasteiger partial charge is 0.490 e. The van der Waals surface area contributed by atoms with Crippen molar-refractivity contribution in [3.05, 3.63) is 60.4 Å². The minimum absolute atomic E-state index is 0.0502. The van der Waals surface area contributed by atoms with Crippen LogP contribution < -0.4 is 0 Å². The lowest BCUT2D eigenvalue weighted by atomic mass is 9.82. The highest BCUT2D eigenvalue weighted by Gasteiger charge is 2.46. The van der Waals surface area contributed by atoms with E-state index in [2.05, 4.69) is 18.7 Å². The number of aliphatic hydroxyl groups excluding tert-OH is 1. The zero-order valence-electron chi connectivity index (χ0n) is 21.1. The van der Waals surface area contributed by atoms with E-state index < -0.39 is 11.9 Å². The average Bonchev–Trinajstić information content (AvgIpc) is 2.81. The van der Waals surface area contributed by atoms with Gasteiger partial charge in [-0.2, -0.15) is 0 Å². The molecule has 1 saturated heterocycles. The number of benzene rings is 1. The molecule has 0 radical (unpaired) electrons. The lowest BCUT2D eigenvalue weighted by Gasteiger charge is -2.45. The van der Waals surface area contributed by atoms with E-state index in [1.807, 2.05) is 44.2 Å². The summed E-state index contributed by atoms with van der Waals surface area (Å²) < 4.78 is 24.0. The normalized spacial score (nSPS) is 39.2. The number of fused-ring (bicyclic) bond motifs is 2. The number of hydrogen-bond acceptors (Lipinski definition) is 6. The fourth-order valence-corrected chi connectivity index (χ4v) is 5.19. The van der Waals surface area contributed by atoms with Crippen LogP contribution in [-0.2, 0) is 18.9 Å². The molecule has 0 aliphatic carbocycles. The number of methoxy groups -OCH3 is 2. The smallest absolute Gasteiger partial charge is 0.175 e. The van der Waals surface area contributed by atoms with Gasteiger partial charge in [0.25, 0.3) is 0 Å². The van der Waals surface area contributed by atoms with Crippen molar-refractivity contribution in [2.45, 2.75) is 88.7 Å². The molecule has 2 aliphatic heterocycles. The summed E-state index contributed by atoms with van der Waals surface area (Å²) in [6, 6.07) is 10.1. The van der Waals surface area contributed by atoms with Gasteiger partial charge in [0.2, 0.25) is 0 Å². The standard InChI is InChI=1S/C28H42O6/c1-19-15-16-26(32-5)25(31-4)14-10-9-13-24(22-11-7-6-8-12-22)33-20(2)17-28(30)18-23(29)21(3)27(19)34-28/h6-8,11-12,15-16,19,21,23-27,29-30H,2,9-10,13-14,17-18H2,1,3-5H3/b16-15+. The zero-order chi connectivity index (χ0) is 24.7. The highest BCUT2D eigenvalue weighted by molar-refractivity contribution is 5.18. The Balaban J connectivity index is 1.89. The average molecular weight is 475 g/mol. The van der Waals surface area contributed by atoms with Crippen molar-refractivity contribution in [3.8, 4) is 0 Å². The Bertz CT molecular complexity index is 795. The van der Waals surface area contributed by atoms with Crippen LogP contribution in [0.4, 0.5) is 0 Å². The Labute approximate surface area is 204 Å². The Kier molecular flexibility index (Phi) is 9.74. The second-order valence-electron chi connectivity index (χ2n) is 9.89. The zero-order valence-corrected chi connectivity index (χ0v) is 21.1. The van der Waals surface area contributed by atoms with Crippen molar-refractivity contribution in [1.29, 1.82) is 0 Å². The van der Waals surface area contributed by atoms with E-state index >= 15 is 0 Å². The molecule has 0 amide bonds. The van der Waals surface area contributed by atoms with E-state index in [1.54, 1.807) is 14.2 Å². The molecule has 1 fully saturated rings. The highest BCUT2D eigenvalue weighted by Crippen LogP contribution is 2.39. The topological polar surface area (TPSA) is 77.4 Å². The number of ether oxygens (including phenoxy) is 4. The van der Waals surface area contributed by atoms with Gasteiger partial charge in [0.15, 0.2) is 5.79 Å². The summed E-state index contributed by atoms with van der Waals surface area (Å²) in [4.78, 5) is 0. The summed E-state index contributed by atoms with van der Waals surface area (Å²) in [6.45, 7) is 8.09. The van der Waals surface area contributed by atoms with Crippen LogP contribution in [-0.4, -0.2) is 54.6 Å².